The lowest BCUT2D eigenvalue weighted by Crippen LogP contribution is -2.37. The molecular weight excluding hydrogens is 246 g/mol. The van der Waals surface area contributed by atoms with Gasteiger partial charge in [0.25, 0.3) is 0 Å². The highest BCUT2D eigenvalue weighted by molar-refractivity contribution is 6.32. The molecule has 0 bridgehead atoms. The number of ether oxygens (including phenoxy) is 1. The molecule has 0 aliphatic carbocycles. The van der Waals surface area contributed by atoms with E-state index in [0.29, 0.717) is 17.4 Å². The van der Waals surface area contributed by atoms with E-state index in [2.05, 4.69) is 32.7 Å². The highest BCUT2D eigenvalue weighted by Gasteiger charge is 2.09. The van der Waals surface area contributed by atoms with Crippen LogP contribution in [0.15, 0.2) is 30.4 Å². The molecule has 0 heterocycles. The molecule has 2 nitrogen and oxygen atoms in total. The first-order valence-electron chi connectivity index (χ1n) is 6.08. The molecule has 3 heteroatoms. The first-order chi connectivity index (χ1) is 8.28. The second-order valence-corrected chi connectivity index (χ2v) is 5.98. The van der Waals surface area contributed by atoms with Crippen molar-refractivity contribution in [3.63, 3.8) is 0 Å². The monoisotopic (exact) mass is 267 g/mol. The van der Waals surface area contributed by atoms with Crippen molar-refractivity contribution in [1.29, 1.82) is 0 Å². The first-order valence-corrected chi connectivity index (χ1v) is 6.46. The van der Waals surface area contributed by atoms with E-state index in [1.165, 1.54) is 0 Å². The molecule has 0 amide bonds. The molecule has 0 atom stereocenters. The number of benzene rings is 1. The summed E-state index contributed by atoms with van der Waals surface area (Å²) >= 11 is 6.06. The highest BCUT2D eigenvalue weighted by Crippen LogP contribution is 2.25. The Labute approximate surface area is 115 Å². The van der Waals surface area contributed by atoms with Crippen LogP contribution in [-0.4, -0.2) is 18.7 Å². The predicted octanol–water partition coefficient (Wildman–Crippen LogP) is 3.97. The molecular formula is C15H22ClNO. The van der Waals surface area contributed by atoms with Crippen LogP contribution in [0, 0.1) is 6.92 Å². The lowest BCUT2D eigenvalue weighted by Gasteiger charge is -2.21. The molecule has 1 rings (SSSR count). The van der Waals surface area contributed by atoms with Gasteiger partial charge in [-0.3, -0.25) is 0 Å². The van der Waals surface area contributed by atoms with Gasteiger partial charge >= 0.3 is 0 Å². The predicted molar refractivity (Wildman–Crippen MR) is 78.6 cm³/mol. The van der Waals surface area contributed by atoms with Crippen LogP contribution in [0.2, 0.25) is 5.02 Å². The molecule has 0 fully saturated rings. The summed E-state index contributed by atoms with van der Waals surface area (Å²) in [4.78, 5) is 0. The van der Waals surface area contributed by atoms with Gasteiger partial charge in [-0.25, -0.2) is 0 Å². The van der Waals surface area contributed by atoms with Crippen molar-refractivity contribution in [2.75, 3.05) is 13.2 Å². The van der Waals surface area contributed by atoms with Gasteiger partial charge in [-0.2, -0.15) is 0 Å². The second-order valence-electron chi connectivity index (χ2n) is 5.58. The molecule has 0 aliphatic rings. The standard InChI is InChI=1S/C15H22ClNO/c1-11-6-7-13(16)14(8-11)18-10-12(2)9-17-15(3,4)5/h6-8,17H,2,9-10H2,1,3-5H3. The molecule has 100 valence electrons. The summed E-state index contributed by atoms with van der Waals surface area (Å²) in [5.41, 5.74) is 2.22. The number of hydrogen-bond donors (Lipinski definition) is 1. The Morgan fingerprint density at radius 1 is 1.39 bits per heavy atom. The van der Waals surface area contributed by atoms with E-state index >= 15 is 0 Å². The number of nitrogens with one attached hydrogen (secondary N) is 1. The van der Waals surface area contributed by atoms with Gasteiger partial charge in [0.05, 0.1) is 5.02 Å². The van der Waals surface area contributed by atoms with E-state index in [0.717, 1.165) is 17.7 Å². The Balaban J connectivity index is 2.45. The van der Waals surface area contributed by atoms with E-state index in [4.69, 9.17) is 16.3 Å². The van der Waals surface area contributed by atoms with E-state index in [1.807, 2.05) is 25.1 Å². The Bertz CT molecular complexity index is 421. The van der Waals surface area contributed by atoms with Crippen molar-refractivity contribution >= 4 is 11.6 Å². The Morgan fingerprint density at radius 2 is 2.06 bits per heavy atom. The number of aryl methyl sites for hydroxylation is 1. The lowest BCUT2D eigenvalue weighted by molar-refractivity contribution is 0.341. The molecule has 0 saturated heterocycles. The maximum atomic E-state index is 6.06. The third-order valence-electron chi connectivity index (χ3n) is 2.39. The zero-order chi connectivity index (χ0) is 13.8. The van der Waals surface area contributed by atoms with Gasteiger partial charge in [-0.05, 0) is 51.0 Å². The quantitative estimate of drug-likeness (QED) is 0.815. The van der Waals surface area contributed by atoms with E-state index < -0.39 is 0 Å². The van der Waals surface area contributed by atoms with E-state index in [-0.39, 0.29) is 5.54 Å². The normalized spacial score (nSPS) is 11.4. The smallest absolute Gasteiger partial charge is 0.138 e. The van der Waals surface area contributed by atoms with Gasteiger partial charge in [0.15, 0.2) is 0 Å². The molecule has 0 spiro atoms. The highest BCUT2D eigenvalue weighted by atomic mass is 35.5. The molecule has 0 saturated carbocycles. The van der Waals surface area contributed by atoms with Gasteiger partial charge in [-0.15, -0.1) is 0 Å². The zero-order valence-corrected chi connectivity index (χ0v) is 12.4. The Kier molecular flexibility index (Phi) is 5.24. The van der Waals surface area contributed by atoms with Crippen LogP contribution < -0.4 is 10.1 Å². The third-order valence-corrected chi connectivity index (χ3v) is 2.70. The molecule has 1 N–H and O–H groups in total. The molecule has 1 aromatic rings. The SMILES string of the molecule is C=C(CNC(C)(C)C)COc1cc(C)ccc1Cl. The second kappa shape index (κ2) is 6.26. The minimum absolute atomic E-state index is 0.0872. The minimum Gasteiger partial charge on any atom is -0.488 e. The summed E-state index contributed by atoms with van der Waals surface area (Å²) in [6, 6.07) is 5.75. The summed E-state index contributed by atoms with van der Waals surface area (Å²) in [7, 11) is 0. The summed E-state index contributed by atoms with van der Waals surface area (Å²) in [6.07, 6.45) is 0. The average molecular weight is 268 g/mol. The van der Waals surface area contributed by atoms with Crippen LogP contribution in [0.5, 0.6) is 5.75 Å². The maximum absolute atomic E-state index is 6.06. The first kappa shape index (κ1) is 15.1. The van der Waals surface area contributed by atoms with Gasteiger partial charge in [-0.1, -0.05) is 24.2 Å². The van der Waals surface area contributed by atoms with Crippen LogP contribution in [-0.2, 0) is 0 Å². The molecule has 0 aromatic heterocycles. The van der Waals surface area contributed by atoms with E-state index in [1.54, 1.807) is 0 Å². The van der Waals surface area contributed by atoms with Crippen LogP contribution in [0.4, 0.5) is 0 Å². The van der Waals surface area contributed by atoms with Crippen LogP contribution in [0.3, 0.4) is 0 Å². The lowest BCUT2D eigenvalue weighted by atomic mass is 10.1. The molecule has 0 aliphatic heterocycles. The van der Waals surface area contributed by atoms with Crippen molar-refractivity contribution in [3.05, 3.63) is 40.9 Å². The summed E-state index contributed by atoms with van der Waals surface area (Å²) in [6.45, 7) is 13.6. The number of halogens is 1. The molecule has 18 heavy (non-hydrogen) atoms. The van der Waals surface area contributed by atoms with Crippen molar-refractivity contribution in [2.45, 2.75) is 33.2 Å². The Morgan fingerprint density at radius 3 is 2.67 bits per heavy atom. The number of rotatable bonds is 5. The van der Waals surface area contributed by atoms with Crippen molar-refractivity contribution < 1.29 is 4.74 Å². The van der Waals surface area contributed by atoms with Crippen LogP contribution in [0.1, 0.15) is 26.3 Å². The van der Waals surface area contributed by atoms with E-state index in [9.17, 15) is 0 Å². The van der Waals surface area contributed by atoms with Gasteiger partial charge < -0.3 is 10.1 Å². The molecule has 0 radical (unpaired) electrons. The summed E-state index contributed by atoms with van der Waals surface area (Å²) < 4.78 is 5.67. The summed E-state index contributed by atoms with van der Waals surface area (Å²) in [5.74, 6) is 0.716. The summed E-state index contributed by atoms with van der Waals surface area (Å²) in [5, 5.41) is 4.01. The van der Waals surface area contributed by atoms with Gasteiger partial charge in [0, 0.05) is 12.1 Å². The fraction of sp³-hybridized carbons (Fsp3) is 0.467. The topological polar surface area (TPSA) is 21.3 Å². The zero-order valence-electron chi connectivity index (χ0n) is 11.6. The maximum Gasteiger partial charge on any atom is 0.138 e. The van der Waals surface area contributed by atoms with Crippen LogP contribution >= 0.6 is 11.6 Å². The fourth-order valence-corrected chi connectivity index (χ4v) is 1.51. The van der Waals surface area contributed by atoms with Crippen molar-refractivity contribution in [1.82, 2.24) is 5.32 Å². The van der Waals surface area contributed by atoms with Crippen molar-refractivity contribution in [2.24, 2.45) is 0 Å². The average Bonchev–Trinajstić information content (AvgIpc) is 2.26. The molecule has 0 unspecified atom stereocenters. The largest absolute Gasteiger partial charge is 0.488 e. The minimum atomic E-state index is 0.0872. The Hall–Kier alpha value is -0.990. The molecule has 1 aromatic carbocycles. The number of hydrogen-bond acceptors (Lipinski definition) is 2. The van der Waals surface area contributed by atoms with Crippen LogP contribution in [0.25, 0.3) is 0 Å². The third kappa shape index (κ3) is 5.56. The van der Waals surface area contributed by atoms with Gasteiger partial charge in [0.1, 0.15) is 12.4 Å². The van der Waals surface area contributed by atoms with Gasteiger partial charge in [0.2, 0.25) is 0 Å². The fourth-order valence-electron chi connectivity index (χ4n) is 1.34. The van der Waals surface area contributed by atoms with Crippen molar-refractivity contribution in [3.8, 4) is 5.75 Å².